The molecule has 0 fully saturated rings. The number of nitrogens with one attached hydrogen (secondary N) is 1. The summed E-state index contributed by atoms with van der Waals surface area (Å²) < 4.78 is 0.867. The van der Waals surface area contributed by atoms with Crippen LogP contribution in [-0.2, 0) is 6.42 Å². The van der Waals surface area contributed by atoms with Crippen molar-refractivity contribution < 1.29 is 0 Å². The minimum Gasteiger partial charge on any atom is -0.383 e. The molecule has 1 aromatic carbocycles. The summed E-state index contributed by atoms with van der Waals surface area (Å²) >= 11 is 3.41. The van der Waals surface area contributed by atoms with Crippen molar-refractivity contribution in [2.45, 2.75) is 13.3 Å². The predicted molar refractivity (Wildman–Crippen MR) is 71.8 cm³/mol. The summed E-state index contributed by atoms with van der Waals surface area (Å²) in [6, 6.07) is 7.53. The number of H-pyrrole nitrogens is 1. The van der Waals surface area contributed by atoms with Crippen LogP contribution < -0.4 is 11.3 Å². The highest BCUT2D eigenvalue weighted by Crippen LogP contribution is 2.25. The van der Waals surface area contributed by atoms with Crippen molar-refractivity contribution in [3.8, 4) is 11.4 Å². The molecule has 88 valence electrons. The molecule has 4 nitrogen and oxygen atoms in total. The number of hydrogen-bond donors (Lipinski definition) is 2. The van der Waals surface area contributed by atoms with Crippen LogP contribution in [0.1, 0.15) is 12.5 Å². The lowest BCUT2D eigenvalue weighted by Gasteiger charge is -2.06. The standard InChI is InChI=1S/C12H12BrN3O/c1-2-7-10(14)15-11(16-12(7)17)8-5-3-4-6-9(8)13/h3-6H,2H2,1H3,(H3,14,15,16,17). The van der Waals surface area contributed by atoms with Crippen LogP contribution in [-0.4, -0.2) is 9.97 Å². The molecular formula is C12H12BrN3O. The lowest BCUT2D eigenvalue weighted by molar-refractivity contribution is 1.02. The molecule has 1 heterocycles. The summed E-state index contributed by atoms with van der Waals surface area (Å²) in [4.78, 5) is 18.8. The molecule has 0 aliphatic carbocycles. The normalized spacial score (nSPS) is 10.5. The Labute approximate surface area is 107 Å². The summed E-state index contributed by atoms with van der Waals surface area (Å²) in [5.41, 5.74) is 6.95. The van der Waals surface area contributed by atoms with Gasteiger partial charge in [-0.3, -0.25) is 4.79 Å². The van der Waals surface area contributed by atoms with Gasteiger partial charge in [0.1, 0.15) is 11.6 Å². The lowest BCUT2D eigenvalue weighted by Crippen LogP contribution is -2.17. The quantitative estimate of drug-likeness (QED) is 0.893. The average Bonchev–Trinajstić information content (AvgIpc) is 2.29. The van der Waals surface area contributed by atoms with Gasteiger partial charge < -0.3 is 10.7 Å². The first kappa shape index (κ1) is 11.9. The Morgan fingerprint density at radius 3 is 2.71 bits per heavy atom. The van der Waals surface area contributed by atoms with Gasteiger partial charge in [0.05, 0.1) is 5.56 Å². The third-order valence-corrected chi connectivity index (χ3v) is 3.22. The Morgan fingerprint density at radius 2 is 2.12 bits per heavy atom. The van der Waals surface area contributed by atoms with Crippen molar-refractivity contribution in [2.75, 3.05) is 5.73 Å². The van der Waals surface area contributed by atoms with E-state index in [4.69, 9.17) is 5.73 Å². The zero-order chi connectivity index (χ0) is 12.4. The molecule has 0 saturated carbocycles. The third kappa shape index (κ3) is 2.24. The molecule has 2 rings (SSSR count). The van der Waals surface area contributed by atoms with Gasteiger partial charge in [0.2, 0.25) is 0 Å². The fraction of sp³-hybridized carbons (Fsp3) is 0.167. The highest BCUT2D eigenvalue weighted by atomic mass is 79.9. The number of aromatic amines is 1. The highest BCUT2D eigenvalue weighted by Gasteiger charge is 2.10. The SMILES string of the molecule is CCc1c(N)nc(-c2ccccc2Br)[nH]c1=O. The summed E-state index contributed by atoms with van der Waals surface area (Å²) in [5.74, 6) is 0.777. The maximum absolute atomic E-state index is 11.8. The first-order chi connectivity index (χ1) is 8.13. The van der Waals surface area contributed by atoms with Gasteiger partial charge in [-0.1, -0.05) is 41.1 Å². The molecule has 5 heteroatoms. The number of aromatic nitrogens is 2. The van der Waals surface area contributed by atoms with E-state index in [0.717, 1.165) is 10.0 Å². The largest absolute Gasteiger partial charge is 0.383 e. The van der Waals surface area contributed by atoms with Gasteiger partial charge in [-0.2, -0.15) is 0 Å². The zero-order valence-corrected chi connectivity index (χ0v) is 10.9. The second kappa shape index (κ2) is 4.71. The molecule has 0 spiro atoms. The molecule has 0 atom stereocenters. The van der Waals surface area contributed by atoms with Gasteiger partial charge in [-0.05, 0) is 12.5 Å². The fourth-order valence-electron chi connectivity index (χ4n) is 1.64. The molecule has 2 aromatic rings. The number of halogens is 1. The molecule has 17 heavy (non-hydrogen) atoms. The number of nitrogen functional groups attached to an aromatic ring is 1. The molecule has 0 radical (unpaired) electrons. The van der Waals surface area contributed by atoms with Crippen molar-refractivity contribution in [2.24, 2.45) is 0 Å². The van der Waals surface area contributed by atoms with Crippen LogP contribution >= 0.6 is 15.9 Å². The molecular weight excluding hydrogens is 282 g/mol. The molecule has 1 aromatic heterocycles. The molecule has 0 aliphatic rings. The molecule has 0 aliphatic heterocycles. The van der Waals surface area contributed by atoms with Gasteiger partial charge >= 0.3 is 0 Å². The number of hydrogen-bond acceptors (Lipinski definition) is 3. The molecule has 0 bridgehead atoms. The van der Waals surface area contributed by atoms with Gasteiger partial charge in [0.15, 0.2) is 0 Å². The Kier molecular flexibility index (Phi) is 3.28. The van der Waals surface area contributed by atoms with Crippen LogP contribution in [0, 0.1) is 0 Å². The minimum absolute atomic E-state index is 0.175. The summed E-state index contributed by atoms with van der Waals surface area (Å²) in [5, 5.41) is 0. The Hall–Kier alpha value is -1.62. The summed E-state index contributed by atoms with van der Waals surface area (Å²) in [6.45, 7) is 1.88. The monoisotopic (exact) mass is 293 g/mol. The van der Waals surface area contributed by atoms with E-state index in [2.05, 4.69) is 25.9 Å². The summed E-state index contributed by atoms with van der Waals surface area (Å²) in [7, 11) is 0. The van der Waals surface area contributed by atoms with Gasteiger partial charge in [0, 0.05) is 10.0 Å². The van der Waals surface area contributed by atoms with Gasteiger partial charge in [0.25, 0.3) is 5.56 Å². The van der Waals surface area contributed by atoms with Crippen LogP contribution in [0.15, 0.2) is 33.5 Å². The Morgan fingerprint density at radius 1 is 1.41 bits per heavy atom. The van der Waals surface area contributed by atoms with Crippen molar-refractivity contribution >= 4 is 21.7 Å². The van der Waals surface area contributed by atoms with E-state index in [0.29, 0.717) is 23.6 Å². The van der Waals surface area contributed by atoms with Crippen molar-refractivity contribution in [1.82, 2.24) is 9.97 Å². The fourth-order valence-corrected chi connectivity index (χ4v) is 2.11. The second-order valence-electron chi connectivity index (χ2n) is 3.61. The van der Waals surface area contributed by atoms with E-state index >= 15 is 0 Å². The first-order valence-corrected chi connectivity index (χ1v) is 6.06. The lowest BCUT2D eigenvalue weighted by atomic mass is 10.2. The minimum atomic E-state index is -0.175. The molecule has 0 saturated heterocycles. The predicted octanol–water partition coefficient (Wildman–Crippen LogP) is 2.34. The maximum atomic E-state index is 11.8. The third-order valence-electron chi connectivity index (χ3n) is 2.53. The molecule has 0 amide bonds. The summed E-state index contributed by atoms with van der Waals surface area (Å²) in [6.07, 6.45) is 0.574. The zero-order valence-electron chi connectivity index (χ0n) is 9.33. The Bertz CT molecular complexity index is 607. The second-order valence-corrected chi connectivity index (χ2v) is 4.47. The molecule has 3 N–H and O–H groups in total. The number of nitrogens with two attached hydrogens (primary N) is 1. The van der Waals surface area contributed by atoms with E-state index < -0.39 is 0 Å². The smallest absolute Gasteiger partial charge is 0.256 e. The number of benzene rings is 1. The van der Waals surface area contributed by atoms with Crippen LogP contribution in [0.3, 0.4) is 0 Å². The van der Waals surface area contributed by atoms with Gasteiger partial charge in [-0.25, -0.2) is 4.98 Å². The number of anilines is 1. The highest BCUT2D eigenvalue weighted by molar-refractivity contribution is 9.10. The van der Waals surface area contributed by atoms with E-state index in [1.165, 1.54) is 0 Å². The average molecular weight is 294 g/mol. The van der Waals surface area contributed by atoms with Crippen LogP contribution in [0.2, 0.25) is 0 Å². The van der Waals surface area contributed by atoms with Crippen LogP contribution in [0.4, 0.5) is 5.82 Å². The van der Waals surface area contributed by atoms with E-state index in [-0.39, 0.29) is 5.56 Å². The maximum Gasteiger partial charge on any atom is 0.256 e. The topological polar surface area (TPSA) is 71.8 Å². The van der Waals surface area contributed by atoms with Crippen LogP contribution in [0.5, 0.6) is 0 Å². The number of rotatable bonds is 2. The van der Waals surface area contributed by atoms with Crippen LogP contribution in [0.25, 0.3) is 11.4 Å². The van der Waals surface area contributed by atoms with Gasteiger partial charge in [-0.15, -0.1) is 0 Å². The van der Waals surface area contributed by atoms with E-state index in [9.17, 15) is 4.79 Å². The first-order valence-electron chi connectivity index (χ1n) is 5.27. The van der Waals surface area contributed by atoms with Crippen molar-refractivity contribution in [1.29, 1.82) is 0 Å². The van der Waals surface area contributed by atoms with E-state index in [1.807, 2.05) is 31.2 Å². The van der Waals surface area contributed by atoms with E-state index in [1.54, 1.807) is 0 Å². The molecule has 0 unspecified atom stereocenters. The van der Waals surface area contributed by atoms with Crippen molar-refractivity contribution in [3.05, 3.63) is 44.7 Å². The number of nitrogens with zero attached hydrogens (tertiary/aromatic N) is 1. The van der Waals surface area contributed by atoms with Crippen molar-refractivity contribution in [3.63, 3.8) is 0 Å². The Balaban J connectivity index is 2.63.